The molecule has 0 amide bonds. The van der Waals surface area contributed by atoms with E-state index in [2.05, 4.69) is 53.0 Å². The fraction of sp³-hybridized carbons (Fsp3) is 0.500. The molecule has 2 N–H and O–H groups in total. The summed E-state index contributed by atoms with van der Waals surface area (Å²) in [5.41, 5.74) is 2.80. The van der Waals surface area contributed by atoms with Gasteiger partial charge in [-0.15, -0.1) is 24.0 Å². The second kappa shape index (κ2) is 9.94. The van der Waals surface area contributed by atoms with Crippen molar-refractivity contribution in [3.8, 4) is 0 Å². The molecule has 0 saturated heterocycles. The largest absolute Gasteiger partial charge is 0.357 e. The molecule has 1 fully saturated rings. The Hall–Kier alpha value is -1.57. The summed E-state index contributed by atoms with van der Waals surface area (Å²) in [6.45, 7) is 4.53. The highest BCUT2D eigenvalue weighted by atomic mass is 127. The minimum absolute atomic E-state index is 0. The summed E-state index contributed by atoms with van der Waals surface area (Å²) in [6, 6.07) is 10.9. The molecule has 1 aliphatic carbocycles. The van der Waals surface area contributed by atoms with E-state index < -0.39 is 0 Å². The number of aryl methyl sites for hydroxylation is 1. The number of hydrogen-bond acceptors (Lipinski definition) is 2. The standard InChI is InChI=1S/C20H29N5.HI/c1-3-21-19(22-13-17-14-24-25(2)15-17)23-16-20(11-7-8-12-20)18-9-5-4-6-10-18;/h4-6,9-10,14-15H,3,7-8,11-13,16H2,1-2H3,(H2,21,22,23);1H. The fourth-order valence-electron chi connectivity index (χ4n) is 3.73. The van der Waals surface area contributed by atoms with Crippen molar-refractivity contribution in [2.75, 3.05) is 13.1 Å². The van der Waals surface area contributed by atoms with E-state index in [9.17, 15) is 0 Å². The summed E-state index contributed by atoms with van der Waals surface area (Å²) in [6.07, 6.45) is 8.98. The van der Waals surface area contributed by atoms with Gasteiger partial charge < -0.3 is 10.6 Å². The van der Waals surface area contributed by atoms with E-state index in [-0.39, 0.29) is 29.4 Å². The second-order valence-electron chi connectivity index (χ2n) is 6.92. The van der Waals surface area contributed by atoms with Crippen molar-refractivity contribution in [1.82, 2.24) is 20.4 Å². The van der Waals surface area contributed by atoms with Gasteiger partial charge in [-0.2, -0.15) is 5.10 Å². The molecular formula is C20H30IN5. The molecule has 0 bridgehead atoms. The van der Waals surface area contributed by atoms with Crippen LogP contribution in [-0.4, -0.2) is 28.8 Å². The van der Waals surface area contributed by atoms with Gasteiger partial charge >= 0.3 is 0 Å². The first-order valence-corrected chi connectivity index (χ1v) is 9.27. The number of guanidine groups is 1. The first-order chi connectivity index (χ1) is 12.2. The first-order valence-electron chi connectivity index (χ1n) is 9.27. The average Bonchev–Trinajstić information content (AvgIpc) is 3.28. The van der Waals surface area contributed by atoms with E-state index in [4.69, 9.17) is 4.99 Å². The monoisotopic (exact) mass is 467 g/mol. The Morgan fingerprint density at radius 3 is 2.54 bits per heavy atom. The number of halogens is 1. The van der Waals surface area contributed by atoms with Gasteiger partial charge in [0.2, 0.25) is 0 Å². The number of benzene rings is 1. The molecule has 1 aliphatic rings. The average molecular weight is 467 g/mol. The predicted octanol–water partition coefficient (Wildman–Crippen LogP) is 3.61. The first kappa shape index (κ1) is 20.7. The molecule has 0 unspecified atom stereocenters. The third-order valence-electron chi connectivity index (χ3n) is 5.06. The van der Waals surface area contributed by atoms with Gasteiger partial charge in [0.25, 0.3) is 0 Å². The maximum absolute atomic E-state index is 4.72. The Bertz CT molecular complexity index is 689. The highest BCUT2D eigenvalue weighted by molar-refractivity contribution is 14.0. The van der Waals surface area contributed by atoms with Crippen molar-refractivity contribution in [3.63, 3.8) is 0 Å². The molecule has 142 valence electrons. The van der Waals surface area contributed by atoms with Gasteiger partial charge in [-0.05, 0) is 25.3 Å². The molecule has 0 radical (unpaired) electrons. The highest BCUT2D eigenvalue weighted by Gasteiger charge is 2.35. The lowest BCUT2D eigenvalue weighted by molar-refractivity contribution is 0.431. The molecule has 5 nitrogen and oxygen atoms in total. The normalized spacial score (nSPS) is 16.2. The Morgan fingerprint density at radius 2 is 1.92 bits per heavy atom. The van der Waals surface area contributed by atoms with Crippen LogP contribution in [0.2, 0.25) is 0 Å². The van der Waals surface area contributed by atoms with Crippen molar-refractivity contribution < 1.29 is 0 Å². The molecule has 0 atom stereocenters. The molecule has 0 aliphatic heterocycles. The highest BCUT2D eigenvalue weighted by Crippen LogP contribution is 2.40. The van der Waals surface area contributed by atoms with Crippen LogP contribution in [-0.2, 0) is 19.0 Å². The molecular weight excluding hydrogens is 437 g/mol. The molecule has 1 aromatic carbocycles. The summed E-state index contributed by atoms with van der Waals surface area (Å²) in [4.78, 5) is 4.72. The van der Waals surface area contributed by atoms with Crippen LogP contribution in [0.4, 0.5) is 0 Å². The summed E-state index contributed by atoms with van der Waals surface area (Å²) < 4.78 is 1.81. The lowest BCUT2D eigenvalue weighted by atomic mass is 9.79. The number of hydrogen-bond donors (Lipinski definition) is 2. The lowest BCUT2D eigenvalue weighted by Crippen LogP contribution is -2.44. The number of aliphatic imine (C=N–C) groups is 1. The Kier molecular flexibility index (Phi) is 7.93. The van der Waals surface area contributed by atoms with E-state index in [1.165, 1.54) is 31.2 Å². The van der Waals surface area contributed by atoms with Crippen molar-refractivity contribution in [2.24, 2.45) is 12.0 Å². The molecule has 6 heteroatoms. The summed E-state index contributed by atoms with van der Waals surface area (Å²) >= 11 is 0. The van der Waals surface area contributed by atoms with Crippen LogP contribution >= 0.6 is 24.0 Å². The minimum atomic E-state index is 0. The van der Waals surface area contributed by atoms with Crippen LogP contribution < -0.4 is 10.6 Å². The van der Waals surface area contributed by atoms with E-state index in [0.29, 0.717) is 6.54 Å². The number of nitrogens with zero attached hydrogens (tertiary/aromatic N) is 3. The molecule has 1 heterocycles. The van der Waals surface area contributed by atoms with Crippen LogP contribution in [0.1, 0.15) is 43.7 Å². The zero-order valence-corrected chi connectivity index (χ0v) is 18.1. The Balaban J connectivity index is 0.00000243. The van der Waals surface area contributed by atoms with Gasteiger partial charge in [-0.3, -0.25) is 4.68 Å². The topological polar surface area (TPSA) is 54.2 Å². The van der Waals surface area contributed by atoms with Crippen LogP contribution in [0.15, 0.2) is 47.7 Å². The Morgan fingerprint density at radius 1 is 1.19 bits per heavy atom. The molecule has 2 aromatic rings. The maximum Gasteiger partial charge on any atom is 0.191 e. The van der Waals surface area contributed by atoms with Gasteiger partial charge in [0.05, 0.1) is 12.7 Å². The summed E-state index contributed by atoms with van der Waals surface area (Å²) in [7, 11) is 1.93. The zero-order valence-electron chi connectivity index (χ0n) is 15.7. The third kappa shape index (κ3) is 5.22. The molecule has 26 heavy (non-hydrogen) atoms. The van der Waals surface area contributed by atoms with E-state index in [1.807, 2.05) is 24.1 Å². The summed E-state index contributed by atoms with van der Waals surface area (Å²) in [5.74, 6) is 0.883. The molecule has 1 saturated carbocycles. The Labute approximate surface area is 173 Å². The van der Waals surface area contributed by atoms with Crippen molar-refractivity contribution in [3.05, 3.63) is 53.9 Å². The van der Waals surface area contributed by atoms with Crippen molar-refractivity contribution >= 4 is 29.9 Å². The van der Waals surface area contributed by atoms with Gasteiger partial charge in [-0.1, -0.05) is 43.2 Å². The van der Waals surface area contributed by atoms with Crippen molar-refractivity contribution in [2.45, 2.75) is 44.6 Å². The molecule has 3 rings (SSSR count). The van der Waals surface area contributed by atoms with Crippen LogP contribution in [0, 0.1) is 0 Å². The molecule has 1 aromatic heterocycles. The smallest absolute Gasteiger partial charge is 0.191 e. The van der Waals surface area contributed by atoms with E-state index in [1.54, 1.807) is 0 Å². The van der Waals surface area contributed by atoms with Crippen molar-refractivity contribution in [1.29, 1.82) is 0 Å². The van der Waals surface area contributed by atoms with Crippen LogP contribution in [0.5, 0.6) is 0 Å². The van der Waals surface area contributed by atoms with Gasteiger partial charge in [0.15, 0.2) is 5.96 Å². The van der Waals surface area contributed by atoms with Gasteiger partial charge in [-0.25, -0.2) is 4.99 Å². The number of nitrogens with one attached hydrogen (secondary N) is 2. The van der Waals surface area contributed by atoms with Gasteiger partial charge in [0.1, 0.15) is 0 Å². The SMILES string of the molecule is CCNC(=NCc1cnn(C)c1)NCC1(c2ccccc2)CCCC1.I. The van der Waals surface area contributed by atoms with Crippen LogP contribution in [0.25, 0.3) is 0 Å². The van der Waals surface area contributed by atoms with Gasteiger partial charge in [0, 0.05) is 37.3 Å². The predicted molar refractivity (Wildman–Crippen MR) is 118 cm³/mol. The number of rotatable bonds is 6. The fourth-order valence-corrected chi connectivity index (χ4v) is 3.73. The number of aromatic nitrogens is 2. The molecule has 0 spiro atoms. The zero-order chi connectivity index (χ0) is 17.5. The minimum Gasteiger partial charge on any atom is -0.357 e. The maximum atomic E-state index is 4.72. The lowest BCUT2D eigenvalue weighted by Gasteiger charge is -2.30. The summed E-state index contributed by atoms with van der Waals surface area (Å²) in [5, 5.41) is 11.2. The quantitative estimate of drug-likeness (QED) is 0.388. The van der Waals surface area contributed by atoms with E-state index >= 15 is 0 Å². The van der Waals surface area contributed by atoms with E-state index in [0.717, 1.165) is 24.6 Å². The third-order valence-corrected chi connectivity index (χ3v) is 5.06. The second-order valence-corrected chi connectivity index (χ2v) is 6.92. The van der Waals surface area contributed by atoms with Crippen LogP contribution in [0.3, 0.4) is 0 Å².